The highest BCUT2D eigenvalue weighted by Gasteiger charge is 2.34. The van der Waals surface area contributed by atoms with Crippen LogP contribution in [0.2, 0.25) is 0 Å². The van der Waals surface area contributed by atoms with Crippen molar-refractivity contribution in [3.05, 3.63) is 35.4 Å². The summed E-state index contributed by atoms with van der Waals surface area (Å²) in [6.45, 7) is 2.33. The molecule has 0 unspecified atom stereocenters. The van der Waals surface area contributed by atoms with Gasteiger partial charge in [-0.2, -0.15) is 0 Å². The summed E-state index contributed by atoms with van der Waals surface area (Å²) in [5, 5.41) is 7.20. The second-order valence-corrected chi connectivity index (χ2v) is 5.90. The van der Waals surface area contributed by atoms with Crippen molar-refractivity contribution < 1.29 is 19.1 Å². The van der Waals surface area contributed by atoms with Crippen molar-refractivity contribution in [1.82, 2.24) is 4.90 Å². The first-order valence-electron chi connectivity index (χ1n) is 8.15. The molecule has 0 fully saturated rings. The van der Waals surface area contributed by atoms with Crippen molar-refractivity contribution in [2.75, 3.05) is 13.2 Å². The number of amides is 2. The Balaban J connectivity index is 1.62. The third-order valence-electron chi connectivity index (χ3n) is 3.83. The van der Waals surface area contributed by atoms with Gasteiger partial charge in [0.05, 0.1) is 24.2 Å². The number of carbonyl (C=O) groups is 3. The number of fused-ring (bicyclic) bond motifs is 1. The second kappa shape index (κ2) is 8.38. The van der Waals surface area contributed by atoms with E-state index in [1.807, 2.05) is 0 Å². The lowest BCUT2D eigenvalue weighted by molar-refractivity contribution is -0.142. The van der Waals surface area contributed by atoms with Crippen LogP contribution in [0.5, 0.6) is 0 Å². The van der Waals surface area contributed by atoms with E-state index in [0.717, 1.165) is 25.7 Å². The van der Waals surface area contributed by atoms with Crippen LogP contribution in [0.25, 0.3) is 0 Å². The van der Waals surface area contributed by atoms with Gasteiger partial charge in [0.25, 0.3) is 11.8 Å². The van der Waals surface area contributed by atoms with Gasteiger partial charge in [0.1, 0.15) is 0 Å². The molecular formula is C18H22N2O4. The number of hydrogen-bond acceptors (Lipinski definition) is 5. The molecule has 24 heavy (non-hydrogen) atoms. The van der Waals surface area contributed by atoms with Crippen LogP contribution in [-0.4, -0.2) is 41.5 Å². The van der Waals surface area contributed by atoms with Gasteiger partial charge in [-0.15, -0.1) is 0 Å². The van der Waals surface area contributed by atoms with Crippen LogP contribution in [-0.2, 0) is 9.53 Å². The largest absolute Gasteiger partial charge is 0.465 e. The van der Waals surface area contributed by atoms with Gasteiger partial charge < -0.3 is 10.1 Å². The summed E-state index contributed by atoms with van der Waals surface area (Å²) in [6.07, 6.45) is 3.23. The van der Waals surface area contributed by atoms with E-state index >= 15 is 0 Å². The summed E-state index contributed by atoms with van der Waals surface area (Å²) in [5.41, 5.74) is 1.26. The summed E-state index contributed by atoms with van der Waals surface area (Å²) >= 11 is 0. The Morgan fingerprint density at radius 1 is 1.04 bits per heavy atom. The van der Waals surface area contributed by atoms with E-state index in [4.69, 9.17) is 10.1 Å². The van der Waals surface area contributed by atoms with Gasteiger partial charge >= 0.3 is 5.97 Å². The molecule has 2 amide bonds. The molecule has 0 saturated carbocycles. The van der Waals surface area contributed by atoms with Gasteiger partial charge in [0, 0.05) is 12.3 Å². The summed E-state index contributed by atoms with van der Waals surface area (Å²) < 4.78 is 5.01. The topological polar surface area (TPSA) is 87.5 Å². The fourth-order valence-electron chi connectivity index (χ4n) is 2.62. The smallest absolute Gasteiger partial charge is 0.311 e. The van der Waals surface area contributed by atoms with E-state index in [1.165, 1.54) is 4.90 Å². The molecule has 0 bridgehead atoms. The van der Waals surface area contributed by atoms with Crippen LogP contribution in [0.1, 0.15) is 59.7 Å². The zero-order valence-corrected chi connectivity index (χ0v) is 13.8. The van der Waals surface area contributed by atoms with Crippen LogP contribution in [0.15, 0.2) is 24.3 Å². The molecule has 0 saturated heterocycles. The number of ether oxygens (including phenoxy) is 1. The minimum atomic E-state index is -0.367. The van der Waals surface area contributed by atoms with E-state index < -0.39 is 0 Å². The predicted molar refractivity (Wildman–Crippen MR) is 89.3 cm³/mol. The van der Waals surface area contributed by atoms with Gasteiger partial charge in [-0.1, -0.05) is 18.6 Å². The number of unbranched alkanes of at least 4 members (excludes halogenated alkanes) is 3. The maximum Gasteiger partial charge on any atom is 0.311 e. The molecular weight excluding hydrogens is 308 g/mol. The zero-order chi connectivity index (χ0) is 17.5. The molecule has 6 nitrogen and oxygen atoms in total. The van der Waals surface area contributed by atoms with E-state index in [0.29, 0.717) is 30.0 Å². The number of rotatable bonds is 9. The number of esters is 1. The average Bonchev–Trinajstić information content (AvgIpc) is 2.78. The summed E-state index contributed by atoms with van der Waals surface area (Å²) in [5.74, 6) is -0.799. The predicted octanol–water partition coefficient (Wildman–Crippen LogP) is 2.82. The quantitative estimate of drug-likeness (QED) is 0.326. The highest BCUT2D eigenvalue weighted by atomic mass is 16.5. The first-order valence-corrected chi connectivity index (χ1v) is 8.15. The highest BCUT2D eigenvalue weighted by Crippen LogP contribution is 2.22. The number of nitrogens with zero attached hydrogens (tertiary/aromatic N) is 1. The van der Waals surface area contributed by atoms with Crippen LogP contribution in [0.3, 0.4) is 0 Å². The van der Waals surface area contributed by atoms with E-state index in [9.17, 15) is 14.4 Å². The Morgan fingerprint density at radius 2 is 1.62 bits per heavy atom. The van der Waals surface area contributed by atoms with Crippen molar-refractivity contribution in [1.29, 1.82) is 5.41 Å². The third kappa shape index (κ3) is 4.50. The Kier molecular flexibility index (Phi) is 6.23. The lowest BCUT2D eigenvalue weighted by atomic mass is 10.1. The molecule has 0 aromatic heterocycles. The maximum absolute atomic E-state index is 12.2. The zero-order valence-electron chi connectivity index (χ0n) is 13.8. The second-order valence-electron chi connectivity index (χ2n) is 5.90. The van der Waals surface area contributed by atoms with Gasteiger partial charge in [-0.05, 0) is 38.3 Å². The molecule has 0 aliphatic carbocycles. The van der Waals surface area contributed by atoms with Crippen LogP contribution in [0.4, 0.5) is 0 Å². The number of nitrogens with one attached hydrogen (secondary N) is 1. The van der Waals surface area contributed by atoms with E-state index in [1.54, 1.807) is 31.2 Å². The first-order chi connectivity index (χ1) is 11.5. The lowest BCUT2D eigenvalue weighted by Crippen LogP contribution is -2.30. The van der Waals surface area contributed by atoms with Crippen LogP contribution in [0, 0.1) is 5.41 Å². The van der Waals surface area contributed by atoms with Gasteiger partial charge in [0.15, 0.2) is 0 Å². The molecule has 1 aliphatic rings. The molecule has 0 radical (unpaired) electrons. The van der Waals surface area contributed by atoms with Gasteiger partial charge in [-0.25, -0.2) is 0 Å². The minimum Gasteiger partial charge on any atom is -0.465 e. The number of hydrogen-bond donors (Lipinski definition) is 1. The molecule has 0 atom stereocenters. The van der Waals surface area contributed by atoms with E-state index in [-0.39, 0.29) is 24.2 Å². The standard InChI is InChI=1S/C18H22N2O4/c1-13(19)12-16(21)24-11-7-3-2-6-10-20-17(22)14-8-4-5-9-15(14)18(20)23/h4-5,8-9,19H,2-3,6-7,10-12H2,1H3. The van der Waals surface area contributed by atoms with Crippen molar-refractivity contribution in [3.63, 3.8) is 0 Å². The van der Waals surface area contributed by atoms with Crippen molar-refractivity contribution in [2.45, 2.75) is 39.0 Å². The maximum atomic E-state index is 12.2. The molecule has 1 N–H and O–H groups in total. The molecule has 0 spiro atoms. The minimum absolute atomic E-state index is 0.0414. The molecule has 2 rings (SSSR count). The Morgan fingerprint density at radius 3 is 2.21 bits per heavy atom. The summed E-state index contributed by atoms with van der Waals surface area (Å²) in [7, 11) is 0. The van der Waals surface area contributed by atoms with Crippen LogP contribution < -0.4 is 0 Å². The summed E-state index contributed by atoms with van der Waals surface area (Å²) in [6, 6.07) is 6.88. The molecule has 128 valence electrons. The Labute approximate surface area is 141 Å². The van der Waals surface area contributed by atoms with Gasteiger partial charge in [-0.3, -0.25) is 19.3 Å². The summed E-state index contributed by atoms with van der Waals surface area (Å²) in [4.78, 5) is 36.9. The third-order valence-corrected chi connectivity index (χ3v) is 3.83. The van der Waals surface area contributed by atoms with Crippen molar-refractivity contribution >= 4 is 23.5 Å². The Bertz CT molecular complexity index is 619. The van der Waals surface area contributed by atoms with Crippen LogP contribution >= 0.6 is 0 Å². The molecule has 1 aliphatic heterocycles. The van der Waals surface area contributed by atoms with Crippen molar-refractivity contribution in [3.8, 4) is 0 Å². The first kappa shape index (κ1) is 17.8. The van der Waals surface area contributed by atoms with Crippen molar-refractivity contribution in [2.24, 2.45) is 0 Å². The average molecular weight is 330 g/mol. The highest BCUT2D eigenvalue weighted by molar-refractivity contribution is 6.21. The lowest BCUT2D eigenvalue weighted by Gasteiger charge is -2.13. The number of benzene rings is 1. The molecule has 1 aromatic rings. The number of carbonyl (C=O) groups excluding carboxylic acids is 3. The molecule has 1 heterocycles. The fourth-order valence-corrected chi connectivity index (χ4v) is 2.62. The monoisotopic (exact) mass is 330 g/mol. The van der Waals surface area contributed by atoms with Gasteiger partial charge in [0.2, 0.25) is 0 Å². The van der Waals surface area contributed by atoms with E-state index in [2.05, 4.69) is 0 Å². The fraction of sp³-hybridized carbons (Fsp3) is 0.444. The SMILES string of the molecule is CC(=N)CC(=O)OCCCCCCN1C(=O)c2ccccc2C1=O. The normalized spacial score (nSPS) is 13.1. The number of imide groups is 1. The molecule has 1 aromatic carbocycles. The Hall–Kier alpha value is -2.50. The molecule has 6 heteroatoms.